The second kappa shape index (κ2) is 7.11. The Morgan fingerprint density at radius 1 is 1.43 bits per heavy atom. The van der Waals surface area contributed by atoms with E-state index in [1.54, 1.807) is 13.8 Å². The van der Waals surface area contributed by atoms with Gasteiger partial charge in [-0.1, -0.05) is 11.6 Å². The van der Waals surface area contributed by atoms with Gasteiger partial charge in [-0.3, -0.25) is 15.0 Å². The second-order valence-electron chi connectivity index (χ2n) is 5.04. The average Bonchev–Trinajstić information content (AvgIpc) is 2.38. The van der Waals surface area contributed by atoms with Crippen molar-refractivity contribution < 1.29 is 9.76 Å². The zero-order chi connectivity index (χ0) is 16.5. The Bertz CT molecular complexity index is 679. The topological polar surface area (TPSA) is 132 Å². The smallest absolute Gasteiger partial charge is 0.269 e. The van der Waals surface area contributed by atoms with Crippen molar-refractivity contribution in [1.29, 1.82) is 0 Å². The number of halogens is 2. The van der Waals surface area contributed by atoms with Crippen molar-refractivity contribution in [3.05, 3.63) is 38.9 Å². The van der Waals surface area contributed by atoms with Gasteiger partial charge in [0, 0.05) is 22.7 Å². The highest BCUT2D eigenvalue weighted by Crippen LogP contribution is 2.25. The molecule has 0 aliphatic carbocycles. The van der Waals surface area contributed by atoms with E-state index in [1.165, 1.54) is 23.3 Å². The lowest BCUT2D eigenvalue weighted by Gasteiger charge is -2.36. The van der Waals surface area contributed by atoms with E-state index in [-0.39, 0.29) is 41.2 Å². The summed E-state index contributed by atoms with van der Waals surface area (Å²) in [5, 5.41) is 12.4. The van der Waals surface area contributed by atoms with Crippen molar-refractivity contribution in [2.24, 2.45) is 21.5 Å². The summed E-state index contributed by atoms with van der Waals surface area (Å²) in [6.45, 7) is 3.43. The highest BCUT2D eigenvalue weighted by molar-refractivity contribution is 8.93. The van der Waals surface area contributed by atoms with Crippen LogP contribution in [0.3, 0.4) is 0 Å². The summed E-state index contributed by atoms with van der Waals surface area (Å²) >= 11 is 6.02. The fourth-order valence-corrected chi connectivity index (χ4v) is 2.11. The number of non-ortho nitro benzene ring substituents is 1. The van der Waals surface area contributed by atoms with E-state index in [2.05, 4.69) is 9.98 Å². The molecule has 0 fully saturated rings. The first kappa shape index (κ1) is 19.1. The van der Waals surface area contributed by atoms with Crippen LogP contribution in [0.2, 0.25) is 5.02 Å². The number of hydrogen-bond acceptors (Lipinski definition) is 8. The Balaban J connectivity index is 0.00000264. The summed E-state index contributed by atoms with van der Waals surface area (Å²) in [6.07, 6.45) is 0. The van der Waals surface area contributed by atoms with Crippen LogP contribution in [0.4, 0.5) is 5.69 Å². The number of nitro groups is 1. The van der Waals surface area contributed by atoms with Crippen LogP contribution in [-0.4, -0.2) is 27.6 Å². The van der Waals surface area contributed by atoms with Crippen LogP contribution in [-0.2, 0) is 11.4 Å². The largest absolute Gasteiger partial charge is 0.368 e. The van der Waals surface area contributed by atoms with Gasteiger partial charge < -0.3 is 11.5 Å². The Labute approximate surface area is 147 Å². The van der Waals surface area contributed by atoms with Gasteiger partial charge in [-0.2, -0.15) is 10.1 Å². The molecule has 0 spiro atoms. The van der Waals surface area contributed by atoms with Crippen molar-refractivity contribution in [3.8, 4) is 0 Å². The summed E-state index contributed by atoms with van der Waals surface area (Å²) in [6, 6.07) is 4.09. The predicted octanol–water partition coefficient (Wildman–Crippen LogP) is 1.94. The molecule has 11 heteroatoms. The van der Waals surface area contributed by atoms with Crippen LogP contribution in [0.5, 0.6) is 0 Å². The lowest BCUT2D eigenvalue weighted by atomic mass is 10.2. The molecule has 0 radical (unpaired) electrons. The summed E-state index contributed by atoms with van der Waals surface area (Å²) in [5.41, 5.74) is 10.8. The molecule has 0 atom stereocenters. The summed E-state index contributed by atoms with van der Waals surface area (Å²) in [4.78, 5) is 23.8. The Morgan fingerprint density at radius 2 is 2.09 bits per heavy atom. The fraction of sp³-hybridized carbons (Fsp3) is 0.333. The van der Waals surface area contributed by atoms with Gasteiger partial charge in [0.2, 0.25) is 11.9 Å². The van der Waals surface area contributed by atoms with Crippen LogP contribution in [0.1, 0.15) is 19.4 Å². The van der Waals surface area contributed by atoms with E-state index in [0.29, 0.717) is 10.6 Å². The van der Waals surface area contributed by atoms with Gasteiger partial charge in [0.1, 0.15) is 6.61 Å². The van der Waals surface area contributed by atoms with Gasteiger partial charge in [0.15, 0.2) is 5.66 Å². The number of hydrogen-bond donors (Lipinski definition) is 2. The first-order valence-electron chi connectivity index (χ1n) is 6.26. The molecule has 1 heterocycles. The van der Waals surface area contributed by atoms with Gasteiger partial charge in [0.05, 0.1) is 4.92 Å². The van der Waals surface area contributed by atoms with Gasteiger partial charge in [-0.05, 0) is 19.9 Å². The SMILES string of the molecule is Br.CC1(C)N=C(N)N=C(N)N1OCc1cc([N+](=O)[O-])ccc1Cl. The Morgan fingerprint density at radius 3 is 2.65 bits per heavy atom. The lowest BCUT2D eigenvalue weighted by Crippen LogP contribution is -2.53. The van der Waals surface area contributed by atoms with Crippen molar-refractivity contribution in [2.75, 3.05) is 0 Å². The third kappa shape index (κ3) is 4.30. The number of hydroxylamine groups is 2. The zero-order valence-corrected chi connectivity index (χ0v) is 14.9. The monoisotopic (exact) mass is 406 g/mol. The number of nitro benzene ring substituents is 1. The Kier molecular flexibility index (Phi) is 5.92. The predicted molar refractivity (Wildman–Crippen MR) is 92.4 cm³/mol. The van der Waals surface area contributed by atoms with E-state index in [0.717, 1.165) is 0 Å². The van der Waals surface area contributed by atoms with Crippen LogP contribution < -0.4 is 11.5 Å². The van der Waals surface area contributed by atoms with E-state index in [4.69, 9.17) is 27.9 Å². The van der Waals surface area contributed by atoms with Crippen molar-refractivity contribution in [1.82, 2.24) is 5.06 Å². The standard InChI is InChI=1S/C12H15ClN6O3.BrH/c1-12(2)17-10(14)16-11(15)18(12)22-6-7-5-8(19(20)21)3-4-9(7)13;/h3-5H,6H2,1-2H3,(H4,14,15,16,17);1H. The Hall–Kier alpha value is -1.91. The number of rotatable bonds is 4. The quantitative estimate of drug-likeness (QED) is 0.579. The number of nitrogens with zero attached hydrogens (tertiary/aromatic N) is 4. The minimum absolute atomic E-state index is 0. The van der Waals surface area contributed by atoms with E-state index in [1.807, 2.05) is 0 Å². The molecule has 0 amide bonds. The van der Waals surface area contributed by atoms with Crippen LogP contribution >= 0.6 is 28.6 Å². The van der Waals surface area contributed by atoms with E-state index >= 15 is 0 Å². The molecule has 1 aromatic carbocycles. The maximum Gasteiger partial charge on any atom is 0.269 e. The highest BCUT2D eigenvalue weighted by Gasteiger charge is 2.33. The van der Waals surface area contributed by atoms with Crippen LogP contribution in [0.25, 0.3) is 0 Å². The van der Waals surface area contributed by atoms with Gasteiger partial charge in [0.25, 0.3) is 5.69 Å². The minimum atomic E-state index is -0.858. The van der Waals surface area contributed by atoms with Crippen molar-refractivity contribution in [2.45, 2.75) is 26.1 Å². The maximum absolute atomic E-state index is 10.8. The number of nitrogens with two attached hydrogens (primary N) is 2. The summed E-state index contributed by atoms with van der Waals surface area (Å²) in [7, 11) is 0. The summed E-state index contributed by atoms with van der Waals surface area (Å²) < 4.78 is 0. The molecule has 1 aliphatic rings. The first-order valence-corrected chi connectivity index (χ1v) is 6.64. The first-order chi connectivity index (χ1) is 10.2. The molecule has 0 bridgehead atoms. The van der Waals surface area contributed by atoms with Crippen LogP contribution in [0.15, 0.2) is 28.2 Å². The van der Waals surface area contributed by atoms with Gasteiger partial charge in [-0.25, -0.2) is 4.99 Å². The third-order valence-electron chi connectivity index (χ3n) is 2.91. The van der Waals surface area contributed by atoms with E-state index < -0.39 is 10.6 Å². The molecule has 0 aromatic heterocycles. The molecule has 1 aliphatic heterocycles. The van der Waals surface area contributed by atoms with Crippen molar-refractivity contribution >= 4 is 46.2 Å². The molecule has 2 rings (SSSR count). The average molecular weight is 408 g/mol. The summed E-state index contributed by atoms with van der Waals surface area (Å²) in [5.74, 6) is 0.0924. The molecule has 1 aromatic rings. The molecule has 126 valence electrons. The minimum Gasteiger partial charge on any atom is -0.368 e. The molecule has 9 nitrogen and oxygen atoms in total. The number of guanidine groups is 2. The lowest BCUT2D eigenvalue weighted by molar-refractivity contribution is -0.385. The van der Waals surface area contributed by atoms with Crippen molar-refractivity contribution in [3.63, 3.8) is 0 Å². The molecule has 4 N–H and O–H groups in total. The number of benzene rings is 1. The zero-order valence-electron chi connectivity index (χ0n) is 12.4. The van der Waals surface area contributed by atoms with Gasteiger partial charge in [-0.15, -0.1) is 17.0 Å². The fourth-order valence-electron chi connectivity index (χ4n) is 1.94. The molecule has 23 heavy (non-hydrogen) atoms. The van der Waals surface area contributed by atoms with E-state index in [9.17, 15) is 10.1 Å². The second-order valence-corrected chi connectivity index (χ2v) is 5.44. The van der Waals surface area contributed by atoms with Crippen LogP contribution in [0, 0.1) is 10.1 Å². The highest BCUT2D eigenvalue weighted by atomic mass is 79.9. The number of aliphatic imine (C=N–C) groups is 2. The molecule has 0 saturated heterocycles. The molecule has 0 saturated carbocycles. The molecular weight excluding hydrogens is 392 g/mol. The molecule has 0 unspecified atom stereocenters. The normalized spacial score (nSPS) is 16.2. The van der Waals surface area contributed by atoms with Gasteiger partial charge >= 0.3 is 0 Å². The maximum atomic E-state index is 10.8. The third-order valence-corrected chi connectivity index (χ3v) is 3.28. The molecular formula is C12H16BrClN6O3.